The van der Waals surface area contributed by atoms with Crippen LogP contribution < -0.4 is 5.32 Å². The van der Waals surface area contributed by atoms with Gasteiger partial charge in [0.2, 0.25) is 0 Å². The molecule has 1 N–H and O–H groups in total. The fourth-order valence-electron chi connectivity index (χ4n) is 1.49. The molecule has 0 radical (unpaired) electrons. The molecule has 19 heavy (non-hydrogen) atoms. The molecular weight excluding hydrogens is 242 g/mol. The summed E-state index contributed by atoms with van der Waals surface area (Å²) in [5, 5.41) is 11.7. The predicted octanol–water partition coefficient (Wildman–Crippen LogP) is 2.48. The number of hydrogen-bond acceptors (Lipinski definition) is 5. The van der Waals surface area contributed by atoms with E-state index < -0.39 is 0 Å². The summed E-state index contributed by atoms with van der Waals surface area (Å²) < 4.78 is 4.62. The van der Waals surface area contributed by atoms with E-state index in [0.29, 0.717) is 16.9 Å². The van der Waals surface area contributed by atoms with Crippen molar-refractivity contribution in [3.8, 4) is 6.07 Å². The van der Waals surface area contributed by atoms with Gasteiger partial charge in [0.25, 0.3) is 0 Å². The molecule has 1 aromatic carbocycles. The molecule has 0 spiro atoms. The van der Waals surface area contributed by atoms with Gasteiger partial charge in [0.05, 0.1) is 18.2 Å². The number of pyridine rings is 1. The first-order chi connectivity index (χ1) is 9.22. The third-order valence-electron chi connectivity index (χ3n) is 2.47. The van der Waals surface area contributed by atoms with Crippen LogP contribution in [-0.2, 0) is 4.74 Å². The highest BCUT2D eigenvalue weighted by Crippen LogP contribution is 2.15. The molecule has 2 rings (SSSR count). The first-order valence-electron chi connectivity index (χ1n) is 5.54. The van der Waals surface area contributed by atoms with Crippen molar-refractivity contribution in [2.24, 2.45) is 0 Å². The van der Waals surface area contributed by atoms with Crippen molar-refractivity contribution in [1.29, 1.82) is 5.26 Å². The summed E-state index contributed by atoms with van der Waals surface area (Å²) in [5.41, 5.74) is 1.79. The second-order valence-corrected chi connectivity index (χ2v) is 3.74. The van der Waals surface area contributed by atoms with Crippen LogP contribution in [-0.4, -0.2) is 18.1 Å². The molecule has 94 valence electrons. The van der Waals surface area contributed by atoms with Gasteiger partial charge < -0.3 is 10.1 Å². The van der Waals surface area contributed by atoms with Gasteiger partial charge in [0, 0.05) is 11.9 Å². The van der Waals surface area contributed by atoms with Gasteiger partial charge in [-0.1, -0.05) is 0 Å². The molecule has 0 saturated heterocycles. The van der Waals surface area contributed by atoms with Crippen molar-refractivity contribution in [1.82, 2.24) is 4.98 Å². The Morgan fingerprint density at radius 3 is 2.53 bits per heavy atom. The number of aromatic nitrogens is 1. The first-order valence-corrected chi connectivity index (χ1v) is 5.54. The molecule has 0 bridgehead atoms. The van der Waals surface area contributed by atoms with Crippen LogP contribution in [0.15, 0.2) is 42.6 Å². The van der Waals surface area contributed by atoms with E-state index in [1.54, 1.807) is 36.4 Å². The second kappa shape index (κ2) is 5.65. The lowest BCUT2D eigenvalue weighted by molar-refractivity contribution is 0.0601. The largest absolute Gasteiger partial charge is 0.465 e. The van der Waals surface area contributed by atoms with E-state index in [2.05, 4.69) is 15.0 Å². The lowest BCUT2D eigenvalue weighted by Gasteiger charge is -2.06. The second-order valence-electron chi connectivity index (χ2n) is 3.74. The molecule has 0 aliphatic carbocycles. The number of nitrogens with one attached hydrogen (secondary N) is 1. The van der Waals surface area contributed by atoms with Crippen LogP contribution >= 0.6 is 0 Å². The van der Waals surface area contributed by atoms with E-state index in [-0.39, 0.29) is 5.97 Å². The molecule has 2 aromatic rings. The van der Waals surface area contributed by atoms with Crippen LogP contribution in [0, 0.1) is 11.3 Å². The Morgan fingerprint density at radius 2 is 2.00 bits per heavy atom. The van der Waals surface area contributed by atoms with Crippen molar-refractivity contribution in [3.63, 3.8) is 0 Å². The number of benzene rings is 1. The van der Waals surface area contributed by atoms with Gasteiger partial charge >= 0.3 is 5.97 Å². The summed E-state index contributed by atoms with van der Waals surface area (Å²) in [6.45, 7) is 0. The summed E-state index contributed by atoms with van der Waals surface area (Å²) in [5.74, 6) is 0.257. The quantitative estimate of drug-likeness (QED) is 0.850. The normalized spacial score (nSPS) is 9.47. The van der Waals surface area contributed by atoms with Gasteiger partial charge in [0.15, 0.2) is 0 Å². The van der Waals surface area contributed by atoms with Crippen LogP contribution in [0.5, 0.6) is 0 Å². The number of methoxy groups -OCH3 is 1. The summed E-state index contributed by atoms with van der Waals surface area (Å²) in [7, 11) is 1.34. The topological polar surface area (TPSA) is 75.0 Å². The molecule has 1 aromatic heterocycles. The van der Waals surface area contributed by atoms with Crippen molar-refractivity contribution >= 4 is 17.5 Å². The number of carbonyl (C=O) groups excluding carboxylic acids is 1. The zero-order valence-electron chi connectivity index (χ0n) is 10.3. The highest BCUT2D eigenvalue weighted by molar-refractivity contribution is 5.89. The van der Waals surface area contributed by atoms with Crippen LogP contribution in [0.2, 0.25) is 0 Å². The summed E-state index contributed by atoms with van der Waals surface area (Å²) in [6.07, 6.45) is 1.49. The Hall–Kier alpha value is -2.87. The fraction of sp³-hybridized carbons (Fsp3) is 0.0714. The van der Waals surface area contributed by atoms with E-state index in [0.717, 1.165) is 5.69 Å². The Labute approximate surface area is 110 Å². The highest BCUT2D eigenvalue weighted by atomic mass is 16.5. The van der Waals surface area contributed by atoms with Gasteiger partial charge in [-0.05, 0) is 36.4 Å². The van der Waals surface area contributed by atoms with E-state index >= 15 is 0 Å². The molecule has 0 aliphatic heterocycles. The van der Waals surface area contributed by atoms with Crippen LogP contribution in [0.1, 0.15) is 15.9 Å². The van der Waals surface area contributed by atoms with Crippen LogP contribution in [0.3, 0.4) is 0 Å². The van der Waals surface area contributed by atoms with E-state index in [1.165, 1.54) is 13.3 Å². The average molecular weight is 253 g/mol. The molecule has 1 heterocycles. The standard InChI is InChI=1S/C14H11N3O2/c1-19-14(18)11-3-5-12(6-4-11)17-13-7-2-10(8-15)9-16-13/h2-7,9H,1H3,(H,16,17). The molecule has 0 atom stereocenters. The third kappa shape index (κ3) is 3.07. The monoisotopic (exact) mass is 253 g/mol. The zero-order valence-corrected chi connectivity index (χ0v) is 10.3. The first kappa shape index (κ1) is 12.6. The molecule has 0 amide bonds. The number of nitriles is 1. The summed E-state index contributed by atoms with van der Waals surface area (Å²) >= 11 is 0. The number of carbonyl (C=O) groups is 1. The molecule has 5 nitrogen and oxygen atoms in total. The molecule has 0 aliphatic rings. The number of anilines is 2. The van der Waals surface area contributed by atoms with Crippen molar-refractivity contribution in [3.05, 3.63) is 53.7 Å². The maximum absolute atomic E-state index is 11.3. The average Bonchev–Trinajstić information content (AvgIpc) is 2.48. The zero-order chi connectivity index (χ0) is 13.7. The molecular formula is C14H11N3O2. The van der Waals surface area contributed by atoms with Gasteiger partial charge in [0.1, 0.15) is 11.9 Å². The summed E-state index contributed by atoms with van der Waals surface area (Å²) in [6, 6.07) is 12.2. The van der Waals surface area contributed by atoms with Crippen LogP contribution in [0.25, 0.3) is 0 Å². The molecule has 0 fully saturated rings. The van der Waals surface area contributed by atoms with Gasteiger partial charge in [-0.25, -0.2) is 9.78 Å². The number of nitrogens with zero attached hydrogens (tertiary/aromatic N) is 2. The highest BCUT2D eigenvalue weighted by Gasteiger charge is 2.04. The van der Waals surface area contributed by atoms with Crippen molar-refractivity contribution in [2.75, 3.05) is 12.4 Å². The van der Waals surface area contributed by atoms with Gasteiger partial charge in [-0.15, -0.1) is 0 Å². The third-order valence-corrected chi connectivity index (χ3v) is 2.47. The number of rotatable bonds is 3. The predicted molar refractivity (Wildman–Crippen MR) is 70.0 cm³/mol. The Morgan fingerprint density at radius 1 is 1.26 bits per heavy atom. The molecule has 5 heteroatoms. The lowest BCUT2D eigenvalue weighted by atomic mass is 10.2. The minimum absolute atomic E-state index is 0.372. The Balaban J connectivity index is 2.10. The summed E-state index contributed by atoms with van der Waals surface area (Å²) in [4.78, 5) is 15.4. The van der Waals surface area contributed by atoms with Crippen molar-refractivity contribution in [2.45, 2.75) is 0 Å². The lowest BCUT2D eigenvalue weighted by Crippen LogP contribution is -2.01. The minimum Gasteiger partial charge on any atom is -0.465 e. The van der Waals surface area contributed by atoms with Gasteiger partial charge in [-0.2, -0.15) is 5.26 Å². The fourth-order valence-corrected chi connectivity index (χ4v) is 1.49. The van der Waals surface area contributed by atoms with E-state index in [9.17, 15) is 4.79 Å². The van der Waals surface area contributed by atoms with E-state index in [4.69, 9.17) is 5.26 Å². The number of ether oxygens (including phenoxy) is 1. The van der Waals surface area contributed by atoms with Gasteiger partial charge in [-0.3, -0.25) is 0 Å². The van der Waals surface area contributed by atoms with Crippen LogP contribution in [0.4, 0.5) is 11.5 Å². The Bertz CT molecular complexity index is 613. The maximum Gasteiger partial charge on any atom is 0.337 e. The van der Waals surface area contributed by atoms with Crippen molar-refractivity contribution < 1.29 is 9.53 Å². The number of hydrogen-bond donors (Lipinski definition) is 1. The van der Waals surface area contributed by atoms with E-state index in [1.807, 2.05) is 6.07 Å². The smallest absolute Gasteiger partial charge is 0.337 e. The number of esters is 1. The molecule has 0 unspecified atom stereocenters. The maximum atomic E-state index is 11.3. The molecule has 0 saturated carbocycles. The SMILES string of the molecule is COC(=O)c1ccc(Nc2ccc(C#N)cn2)cc1. The Kier molecular flexibility index (Phi) is 3.74. The minimum atomic E-state index is -0.372.